The molecule has 1 aromatic heterocycles. The van der Waals surface area contributed by atoms with Crippen molar-refractivity contribution < 1.29 is 13.2 Å². The lowest BCUT2D eigenvalue weighted by Crippen LogP contribution is -2.01. The SMILES string of the molecule is Cc1nc(COc2ccc(S(=O)(=O)Cl)c(C)c2C)sc1C. The molecule has 0 bridgehead atoms. The summed E-state index contributed by atoms with van der Waals surface area (Å²) in [7, 11) is 1.67. The monoisotopic (exact) mass is 345 g/mol. The van der Waals surface area contributed by atoms with Crippen LogP contribution in [-0.4, -0.2) is 13.4 Å². The Labute approximate surface area is 133 Å². The van der Waals surface area contributed by atoms with Gasteiger partial charge in [-0.1, -0.05) is 0 Å². The Morgan fingerprint density at radius 1 is 1.19 bits per heavy atom. The molecule has 7 heteroatoms. The van der Waals surface area contributed by atoms with Crippen molar-refractivity contribution in [1.82, 2.24) is 4.98 Å². The van der Waals surface area contributed by atoms with Crippen molar-refractivity contribution in [3.8, 4) is 5.75 Å². The van der Waals surface area contributed by atoms with Gasteiger partial charge in [0.1, 0.15) is 17.4 Å². The van der Waals surface area contributed by atoms with Crippen molar-refractivity contribution in [2.24, 2.45) is 0 Å². The van der Waals surface area contributed by atoms with Crippen LogP contribution >= 0.6 is 22.0 Å². The molecule has 2 aromatic rings. The van der Waals surface area contributed by atoms with Crippen LogP contribution in [0.25, 0.3) is 0 Å². The van der Waals surface area contributed by atoms with E-state index in [1.54, 1.807) is 24.3 Å². The zero-order valence-corrected chi connectivity index (χ0v) is 14.6. The lowest BCUT2D eigenvalue weighted by molar-refractivity contribution is 0.303. The first-order chi connectivity index (χ1) is 9.70. The highest BCUT2D eigenvalue weighted by Crippen LogP contribution is 2.29. The number of thiazole rings is 1. The first kappa shape index (κ1) is 16.3. The highest BCUT2D eigenvalue weighted by molar-refractivity contribution is 8.13. The molecule has 0 unspecified atom stereocenters. The van der Waals surface area contributed by atoms with Crippen molar-refractivity contribution in [3.05, 3.63) is 38.8 Å². The number of halogens is 1. The van der Waals surface area contributed by atoms with E-state index in [0.29, 0.717) is 17.9 Å². The van der Waals surface area contributed by atoms with Crippen molar-refractivity contribution in [2.45, 2.75) is 39.2 Å². The molecule has 0 amide bonds. The van der Waals surface area contributed by atoms with E-state index in [-0.39, 0.29) is 4.90 Å². The number of benzene rings is 1. The van der Waals surface area contributed by atoms with E-state index in [0.717, 1.165) is 16.3 Å². The van der Waals surface area contributed by atoms with Crippen LogP contribution in [0.2, 0.25) is 0 Å². The van der Waals surface area contributed by atoms with Crippen molar-refractivity contribution >= 4 is 31.1 Å². The summed E-state index contributed by atoms with van der Waals surface area (Å²) in [6.45, 7) is 7.88. The van der Waals surface area contributed by atoms with E-state index >= 15 is 0 Å². The minimum absolute atomic E-state index is 0.120. The first-order valence-electron chi connectivity index (χ1n) is 6.30. The molecule has 0 saturated heterocycles. The van der Waals surface area contributed by atoms with Gasteiger partial charge in [-0.25, -0.2) is 13.4 Å². The summed E-state index contributed by atoms with van der Waals surface area (Å²) in [6, 6.07) is 3.10. The number of ether oxygens (including phenoxy) is 1. The Balaban J connectivity index is 2.24. The van der Waals surface area contributed by atoms with Crippen LogP contribution in [0, 0.1) is 27.7 Å². The number of hydrogen-bond acceptors (Lipinski definition) is 5. The normalized spacial score (nSPS) is 11.7. The lowest BCUT2D eigenvalue weighted by Gasteiger charge is -2.12. The number of nitrogens with zero attached hydrogens (tertiary/aromatic N) is 1. The summed E-state index contributed by atoms with van der Waals surface area (Å²) < 4.78 is 28.7. The van der Waals surface area contributed by atoms with E-state index in [1.807, 2.05) is 20.8 Å². The highest BCUT2D eigenvalue weighted by Gasteiger charge is 2.17. The molecular formula is C14H16ClNO3S2. The minimum Gasteiger partial charge on any atom is -0.486 e. The number of rotatable bonds is 4. The highest BCUT2D eigenvalue weighted by atomic mass is 35.7. The first-order valence-corrected chi connectivity index (χ1v) is 9.43. The number of hydrogen-bond donors (Lipinski definition) is 0. The van der Waals surface area contributed by atoms with Crippen LogP contribution < -0.4 is 4.74 Å². The molecule has 114 valence electrons. The van der Waals surface area contributed by atoms with Gasteiger partial charge in [-0.15, -0.1) is 11.3 Å². The third-order valence-corrected chi connectivity index (χ3v) is 5.89. The number of aryl methyl sites for hydroxylation is 2. The largest absolute Gasteiger partial charge is 0.486 e. The maximum absolute atomic E-state index is 11.5. The molecule has 0 aliphatic rings. The molecule has 0 fully saturated rings. The molecule has 0 N–H and O–H groups in total. The molecule has 2 rings (SSSR count). The second kappa shape index (κ2) is 5.94. The van der Waals surface area contributed by atoms with Gasteiger partial charge < -0.3 is 4.74 Å². The minimum atomic E-state index is -3.74. The maximum atomic E-state index is 11.5. The number of aromatic nitrogens is 1. The van der Waals surface area contributed by atoms with Crippen LogP contribution in [0.5, 0.6) is 5.75 Å². The fourth-order valence-corrected chi connectivity index (χ4v) is 4.03. The van der Waals surface area contributed by atoms with Crippen molar-refractivity contribution in [3.63, 3.8) is 0 Å². The maximum Gasteiger partial charge on any atom is 0.261 e. The van der Waals surface area contributed by atoms with Gasteiger partial charge in [0.15, 0.2) is 0 Å². The Hall–Kier alpha value is -1.11. The summed E-state index contributed by atoms with van der Waals surface area (Å²) in [5.74, 6) is 0.641. The van der Waals surface area contributed by atoms with Gasteiger partial charge in [-0.2, -0.15) is 0 Å². The molecule has 0 aliphatic heterocycles. The van der Waals surface area contributed by atoms with E-state index in [2.05, 4.69) is 4.98 Å². The summed E-state index contributed by atoms with van der Waals surface area (Å²) in [6.07, 6.45) is 0. The fourth-order valence-electron chi connectivity index (χ4n) is 1.93. The van der Waals surface area contributed by atoms with Crippen LogP contribution in [0.1, 0.15) is 26.7 Å². The molecule has 0 saturated carbocycles. The Bertz CT molecular complexity index is 762. The molecule has 1 aromatic carbocycles. The van der Waals surface area contributed by atoms with Crippen molar-refractivity contribution in [2.75, 3.05) is 0 Å². The third-order valence-electron chi connectivity index (χ3n) is 3.37. The van der Waals surface area contributed by atoms with Gasteiger partial charge in [0.2, 0.25) is 0 Å². The predicted octanol–water partition coefficient (Wildman–Crippen LogP) is 3.88. The average Bonchev–Trinajstić information content (AvgIpc) is 2.69. The summed E-state index contributed by atoms with van der Waals surface area (Å²) in [5.41, 5.74) is 2.38. The predicted molar refractivity (Wildman–Crippen MR) is 84.9 cm³/mol. The summed E-state index contributed by atoms with van der Waals surface area (Å²) >= 11 is 1.60. The molecule has 0 spiro atoms. The van der Waals surface area contributed by atoms with Crippen molar-refractivity contribution in [1.29, 1.82) is 0 Å². The van der Waals surface area contributed by atoms with E-state index in [4.69, 9.17) is 15.4 Å². The second-order valence-electron chi connectivity index (χ2n) is 4.79. The zero-order chi connectivity index (χ0) is 15.8. The Kier molecular flexibility index (Phi) is 4.60. The van der Waals surface area contributed by atoms with Gasteiger partial charge in [-0.3, -0.25) is 0 Å². The second-order valence-corrected chi connectivity index (χ2v) is 8.61. The van der Waals surface area contributed by atoms with Gasteiger partial charge >= 0.3 is 0 Å². The quantitative estimate of drug-likeness (QED) is 0.789. The van der Waals surface area contributed by atoms with Gasteiger partial charge in [0.05, 0.1) is 10.6 Å². The topological polar surface area (TPSA) is 56.3 Å². The van der Waals surface area contributed by atoms with Gasteiger partial charge in [0.25, 0.3) is 9.05 Å². The van der Waals surface area contributed by atoms with E-state index < -0.39 is 9.05 Å². The van der Waals surface area contributed by atoms with Crippen LogP contribution in [0.4, 0.5) is 0 Å². The smallest absolute Gasteiger partial charge is 0.261 e. The Morgan fingerprint density at radius 2 is 1.86 bits per heavy atom. The fraction of sp³-hybridized carbons (Fsp3) is 0.357. The molecule has 0 radical (unpaired) electrons. The third kappa shape index (κ3) is 3.56. The average molecular weight is 346 g/mol. The Morgan fingerprint density at radius 3 is 2.38 bits per heavy atom. The van der Waals surface area contributed by atoms with Crippen LogP contribution in [0.15, 0.2) is 17.0 Å². The van der Waals surface area contributed by atoms with Crippen LogP contribution in [-0.2, 0) is 15.7 Å². The van der Waals surface area contributed by atoms with Gasteiger partial charge in [0, 0.05) is 15.6 Å². The molecule has 0 aliphatic carbocycles. The molecule has 4 nitrogen and oxygen atoms in total. The standard InChI is InChI=1S/C14H16ClNO3S2/c1-8-9(2)13(21(15,17)18)6-5-12(8)19-7-14-16-10(3)11(4)20-14/h5-6H,7H2,1-4H3. The molecule has 1 heterocycles. The van der Waals surface area contributed by atoms with Gasteiger partial charge in [-0.05, 0) is 51.0 Å². The molecule has 0 atom stereocenters. The van der Waals surface area contributed by atoms with Crippen LogP contribution in [0.3, 0.4) is 0 Å². The summed E-state index contributed by atoms with van der Waals surface area (Å²) in [4.78, 5) is 5.70. The lowest BCUT2D eigenvalue weighted by atomic mass is 10.1. The molecule has 21 heavy (non-hydrogen) atoms. The molecular weight excluding hydrogens is 330 g/mol. The van der Waals surface area contributed by atoms with E-state index in [9.17, 15) is 8.42 Å². The zero-order valence-electron chi connectivity index (χ0n) is 12.2. The summed E-state index contributed by atoms with van der Waals surface area (Å²) in [5, 5.41) is 0.899. The van der Waals surface area contributed by atoms with E-state index in [1.165, 1.54) is 10.9 Å².